The van der Waals surface area contributed by atoms with Gasteiger partial charge in [0.05, 0.1) is 0 Å². The molecule has 0 amide bonds. The molecule has 1 aliphatic rings. The smallest absolute Gasteiger partial charge is 0.148 e. The standard InChI is InChI=1S/C8H6Cl2O2/c9-7(5-11)1-2-8(10,6-12)4-3-7/h1-6H. The van der Waals surface area contributed by atoms with E-state index in [9.17, 15) is 9.59 Å². The summed E-state index contributed by atoms with van der Waals surface area (Å²) < 4.78 is 0. The molecule has 2 nitrogen and oxygen atoms in total. The molecule has 0 N–H and O–H groups in total. The van der Waals surface area contributed by atoms with Gasteiger partial charge in [-0.1, -0.05) is 24.3 Å². The van der Waals surface area contributed by atoms with E-state index in [0.717, 1.165) is 0 Å². The number of aldehydes is 2. The fraction of sp³-hybridized carbons (Fsp3) is 0.250. The van der Waals surface area contributed by atoms with E-state index in [4.69, 9.17) is 23.2 Å². The quantitative estimate of drug-likeness (QED) is 0.388. The number of allylic oxidation sites excluding steroid dienone is 4. The molecule has 0 saturated carbocycles. The number of hydrogen-bond acceptors (Lipinski definition) is 2. The van der Waals surface area contributed by atoms with Gasteiger partial charge >= 0.3 is 0 Å². The molecule has 0 aromatic rings. The first-order valence-electron chi connectivity index (χ1n) is 3.25. The van der Waals surface area contributed by atoms with Crippen LogP contribution in [0.2, 0.25) is 0 Å². The van der Waals surface area contributed by atoms with E-state index < -0.39 is 9.75 Å². The van der Waals surface area contributed by atoms with Crippen molar-refractivity contribution in [2.45, 2.75) is 9.75 Å². The second kappa shape index (κ2) is 3.04. The Morgan fingerprint density at radius 1 is 0.833 bits per heavy atom. The van der Waals surface area contributed by atoms with Crippen molar-refractivity contribution < 1.29 is 9.59 Å². The average molecular weight is 205 g/mol. The average Bonchev–Trinajstić information content (AvgIpc) is 2.11. The summed E-state index contributed by atoms with van der Waals surface area (Å²) in [6.45, 7) is 0. The Balaban J connectivity index is 2.93. The Morgan fingerprint density at radius 3 is 1.25 bits per heavy atom. The van der Waals surface area contributed by atoms with Crippen LogP contribution in [0.25, 0.3) is 0 Å². The van der Waals surface area contributed by atoms with E-state index >= 15 is 0 Å². The van der Waals surface area contributed by atoms with Gasteiger partial charge in [-0.3, -0.25) is 0 Å². The maximum absolute atomic E-state index is 10.4. The first-order valence-corrected chi connectivity index (χ1v) is 4.00. The van der Waals surface area contributed by atoms with Crippen LogP contribution in [0.15, 0.2) is 24.3 Å². The molecule has 0 heterocycles. The zero-order chi connectivity index (χ0) is 9.24. The molecule has 64 valence electrons. The maximum atomic E-state index is 10.4. The lowest BCUT2D eigenvalue weighted by molar-refractivity contribution is -0.109. The van der Waals surface area contributed by atoms with Gasteiger partial charge in [-0.05, 0) is 0 Å². The van der Waals surface area contributed by atoms with Crippen LogP contribution in [0.3, 0.4) is 0 Å². The van der Waals surface area contributed by atoms with Crippen LogP contribution in [0, 0.1) is 0 Å². The van der Waals surface area contributed by atoms with Crippen LogP contribution in [0.1, 0.15) is 0 Å². The third-order valence-corrected chi connectivity index (χ3v) is 2.23. The van der Waals surface area contributed by atoms with Crippen LogP contribution in [-0.2, 0) is 9.59 Å². The molecule has 0 radical (unpaired) electrons. The van der Waals surface area contributed by atoms with Gasteiger partial charge in [0.1, 0.15) is 22.3 Å². The zero-order valence-electron chi connectivity index (χ0n) is 6.04. The van der Waals surface area contributed by atoms with Crippen LogP contribution in [-0.4, -0.2) is 22.3 Å². The van der Waals surface area contributed by atoms with Gasteiger partial charge in [0.25, 0.3) is 0 Å². The molecule has 0 fully saturated rings. The summed E-state index contributed by atoms with van der Waals surface area (Å²) in [5, 5.41) is 0. The van der Waals surface area contributed by atoms with Gasteiger partial charge in [0, 0.05) is 0 Å². The molecule has 0 unspecified atom stereocenters. The lowest BCUT2D eigenvalue weighted by Crippen LogP contribution is -2.27. The summed E-state index contributed by atoms with van der Waals surface area (Å²) in [5.74, 6) is 0. The highest BCUT2D eigenvalue weighted by molar-refractivity contribution is 6.38. The summed E-state index contributed by atoms with van der Waals surface area (Å²) in [6, 6.07) is 0. The number of rotatable bonds is 2. The SMILES string of the molecule is O=CC1(Cl)C=CC(Cl)(C=O)C=C1. The minimum absolute atomic E-state index is 0.572. The fourth-order valence-corrected chi connectivity index (χ4v) is 1.03. The van der Waals surface area contributed by atoms with Crippen molar-refractivity contribution in [2.24, 2.45) is 0 Å². The van der Waals surface area contributed by atoms with Crippen molar-refractivity contribution in [1.82, 2.24) is 0 Å². The minimum Gasteiger partial charge on any atom is -0.301 e. The highest BCUT2D eigenvalue weighted by Gasteiger charge is 2.30. The molecule has 0 bridgehead atoms. The first-order chi connectivity index (χ1) is 5.54. The Kier molecular flexibility index (Phi) is 2.40. The zero-order valence-corrected chi connectivity index (χ0v) is 7.55. The normalized spacial score (nSPS) is 39.5. The van der Waals surface area contributed by atoms with Crippen molar-refractivity contribution in [3.8, 4) is 0 Å². The third kappa shape index (κ3) is 1.76. The molecule has 12 heavy (non-hydrogen) atoms. The van der Waals surface area contributed by atoms with Crippen LogP contribution in [0.4, 0.5) is 0 Å². The summed E-state index contributed by atoms with van der Waals surface area (Å²) >= 11 is 11.5. The summed E-state index contributed by atoms with van der Waals surface area (Å²) in [7, 11) is 0. The molecule has 0 spiro atoms. The fourth-order valence-electron chi connectivity index (χ4n) is 0.779. The predicted molar refractivity (Wildman–Crippen MR) is 47.6 cm³/mol. The predicted octanol–water partition coefficient (Wildman–Crippen LogP) is 1.47. The van der Waals surface area contributed by atoms with E-state index in [-0.39, 0.29) is 0 Å². The van der Waals surface area contributed by atoms with E-state index in [1.54, 1.807) is 0 Å². The number of carbonyl (C=O) groups excluding carboxylic acids is 2. The lowest BCUT2D eigenvalue weighted by Gasteiger charge is -2.20. The molecule has 0 aromatic carbocycles. The highest BCUT2D eigenvalue weighted by atomic mass is 35.5. The Labute approximate surface area is 79.8 Å². The van der Waals surface area contributed by atoms with Crippen LogP contribution in [0.5, 0.6) is 0 Å². The van der Waals surface area contributed by atoms with Crippen LogP contribution >= 0.6 is 23.2 Å². The van der Waals surface area contributed by atoms with Gasteiger partial charge in [0.15, 0.2) is 0 Å². The molecule has 0 atom stereocenters. The highest BCUT2D eigenvalue weighted by Crippen LogP contribution is 2.28. The molecule has 0 aliphatic heterocycles. The number of halogens is 2. The minimum atomic E-state index is -1.14. The number of carbonyl (C=O) groups is 2. The van der Waals surface area contributed by atoms with Crippen molar-refractivity contribution in [3.05, 3.63) is 24.3 Å². The summed E-state index contributed by atoms with van der Waals surface area (Å²) in [6.07, 6.45) is 6.71. The topological polar surface area (TPSA) is 34.1 Å². The first kappa shape index (κ1) is 9.49. The molecular weight excluding hydrogens is 199 g/mol. The van der Waals surface area contributed by atoms with Gasteiger partial charge < -0.3 is 9.59 Å². The van der Waals surface area contributed by atoms with E-state index in [1.807, 2.05) is 0 Å². The molecular formula is C8H6Cl2O2. The molecule has 0 saturated heterocycles. The van der Waals surface area contributed by atoms with Crippen molar-refractivity contribution in [2.75, 3.05) is 0 Å². The molecule has 0 aromatic heterocycles. The number of alkyl halides is 2. The van der Waals surface area contributed by atoms with E-state index in [2.05, 4.69) is 0 Å². The molecule has 1 aliphatic carbocycles. The Hall–Kier alpha value is -0.600. The van der Waals surface area contributed by atoms with E-state index in [1.165, 1.54) is 24.3 Å². The summed E-state index contributed by atoms with van der Waals surface area (Å²) in [4.78, 5) is 18.6. The van der Waals surface area contributed by atoms with Gasteiger partial charge in [-0.25, -0.2) is 0 Å². The largest absolute Gasteiger partial charge is 0.301 e. The van der Waals surface area contributed by atoms with Crippen LogP contribution < -0.4 is 0 Å². The van der Waals surface area contributed by atoms with Gasteiger partial charge in [-0.15, -0.1) is 23.2 Å². The lowest BCUT2D eigenvalue weighted by atomic mass is 9.97. The molecule has 1 rings (SSSR count). The third-order valence-electron chi connectivity index (χ3n) is 1.55. The Bertz CT molecular complexity index is 228. The second-order valence-electron chi connectivity index (χ2n) is 2.56. The van der Waals surface area contributed by atoms with Crippen molar-refractivity contribution in [1.29, 1.82) is 0 Å². The number of hydrogen-bond donors (Lipinski definition) is 0. The maximum Gasteiger partial charge on any atom is 0.148 e. The van der Waals surface area contributed by atoms with Gasteiger partial charge in [0.2, 0.25) is 0 Å². The van der Waals surface area contributed by atoms with Gasteiger partial charge in [-0.2, -0.15) is 0 Å². The van der Waals surface area contributed by atoms with E-state index in [0.29, 0.717) is 12.6 Å². The van der Waals surface area contributed by atoms with Crippen molar-refractivity contribution in [3.63, 3.8) is 0 Å². The second-order valence-corrected chi connectivity index (χ2v) is 3.87. The Morgan fingerprint density at radius 2 is 1.08 bits per heavy atom. The monoisotopic (exact) mass is 204 g/mol. The summed E-state index contributed by atoms with van der Waals surface area (Å²) in [5.41, 5.74) is 0. The molecule has 4 heteroatoms. The van der Waals surface area contributed by atoms with Crippen molar-refractivity contribution >= 4 is 35.8 Å².